The predicted octanol–water partition coefficient (Wildman–Crippen LogP) is 3.97. The Bertz CT molecular complexity index is 1180. The first kappa shape index (κ1) is 26.2. The van der Waals surface area contributed by atoms with Crippen LogP contribution >= 0.6 is 35.4 Å². The third-order valence-electron chi connectivity index (χ3n) is 6.05. The Morgan fingerprint density at radius 3 is 2.42 bits per heavy atom. The number of anilines is 2. The molecule has 2 fully saturated rings. The Morgan fingerprint density at radius 1 is 1.03 bits per heavy atom. The third-order valence-corrected chi connectivity index (χ3v) is 6.97. The molecule has 36 heavy (non-hydrogen) atoms. The number of nitrogens with zero attached hydrogens (tertiary/aromatic N) is 4. The van der Waals surface area contributed by atoms with Gasteiger partial charge in [-0.25, -0.2) is 0 Å². The van der Waals surface area contributed by atoms with Crippen molar-refractivity contribution >= 4 is 69.6 Å². The number of nitro benzene ring substituents is 1. The molecule has 190 valence electrons. The number of nitrogens with one attached hydrogen (secondary N) is 1. The first-order chi connectivity index (χ1) is 17.3. The maximum Gasteiger partial charge on any atom is 0.292 e. The van der Waals surface area contributed by atoms with E-state index in [2.05, 4.69) is 10.2 Å². The molecule has 9 nitrogen and oxygen atoms in total. The number of rotatable bonds is 5. The van der Waals surface area contributed by atoms with Crippen molar-refractivity contribution < 1.29 is 14.5 Å². The average Bonchev–Trinajstić information content (AvgIpc) is 2.88. The predicted molar refractivity (Wildman–Crippen MR) is 146 cm³/mol. The first-order valence-electron chi connectivity index (χ1n) is 11.4. The summed E-state index contributed by atoms with van der Waals surface area (Å²) in [4.78, 5) is 29.7. The first-order valence-corrected chi connectivity index (χ1v) is 12.6. The lowest BCUT2D eigenvalue weighted by atomic mass is 10.1. The van der Waals surface area contributed by atoms with Crippen molar-refractivity contribution in [3.63, 3.8) is 0 Å². The Morgan fingerprint density at radius 2 is 1.75 bits per heavy atom. The largest absolute Gasteiger partial charge is 0.378 e. The fraction of sp³-hybridized carbons (Fsp3) is 0.333. The van der Waals surface area contributed by atoms with Crippen LogP contribution in [0.2, 0.25) is 10.0 Å². The van der Waals surface area contributed by atoms with Crippen LogP contribution in [0, 0.1) is 10.1 Å². The lowest BCUT2D eigenvalue weighted by Gasteiger charge is -2.37. The van der Waals surface area contributed by atoms with E-state index in [1.54, 1.807) is 36.4 Å². The van der Waals surface area contributed by atoms with Gasteiger partial charge in [-0.2, -0.15) is 0 Å². The molecule has 2 aliphatic rings. The average molecular weight is 550 g/mol. The van der Waals surface area contributed by atoms with Crippen LogP contribution in [0.15, 0.2) is 42.5 Å². The van der Waals surface area contributed by atoms with Crippen molar-refractivity contribution in [1.82, 2.24) is 10.2 Å². The zero-order valence-electron chi connectivity index (χ0n) is 19.4. The summed E-state index contributed by atoms with van der Waals surface area (Å²) in [5.74, 6) is -0.348. The molecule has 0 spiro atoms. The summed E-state index contributed by atoms with van der Waals surface area (Å²) in [5.41, 5.74) is 2.30. The molecule has 2 aliphatic heterocycles. The highest BCUT2D eigenvalue weighted by Gasteiger charge is 2.25. The molecule has 4 rings (SSSR count). The van der Waals surface area contributed by atoms with Crippen LogP contribution in [0.5, 0.6) is 0 Å². The van der Waals surface area contributed by atoms with Crippen molar-refractivity contribution in [3.8, 4) is 0 Å². The van der Waals surface area contributed by atoms with E-state index in [4.69, 9.17) is 40.2 Å². The van der Waals surface area contributed by atoms with Crippen molar-refractivity contribution in [1.29, 1.82) is 0 Å². The summed E-state index contributed by atoms with van der Waals surface area (Å²) < 4.78 is 5.39. The van der Waals surface area contributed by atoms with Gasteiger partial charge in [0.05, 0.1) is 18.1 Å². The molecule has 0 aromatic heterocycles. The van der Waals surface area contributed by atoms with E-state index in [-0.39, 0.29) is 16.5 Å². The number of halogens is 2. The number of thiocarbonyl (C=S) groups is 1. The Balaban J connectivity index is 1.34. The second-order valence-corrected chi connectivity index (χ2v) is 9.53. The maximum atomic E-state index is 12.3. The maximum absolute atomic E-state index is 12.3. The normalized spacial score (nSPS) is 16.3. The van der Waals surface area contributed by atoms with E-state index < -0.39 is 0 Å². The van der Waals surface area contributed by atoms with Gasteiger partial charge in [0.2, 0.25) is 5.91 Å². The number of ether oxygens (including phenoxy) is 1. The highest BCUT2D eigenvalue weighted by molar-refractivity contribution is 7.80. The summed E-state index contributed by atoms with van der Waals surface area (Å²) >= 11 is 17.5. The summed E-state index contributed by atoms with van der Waals surface area (Å²) in [6, 6.07) is 10.3. The van der Waals surface area contributed by atoms with Gasteiger partial charge in [-0.3, -0.25) is 20.2 Å². The van der Waals surface area contributed by atoms with Crippen molar-refractivity contribution in [3.05, 3.63) is 68.2 Å². The van der Waals surface area contributed by atoms with Crippen LogP contribution in [-0.2, 0) is 9.53 Å². The minimum atomic E-state index is -0.348. The minimum absolute atomic E-state index is 0.0936. The van der Waals surface area contributed by atoms with Gasteiger partial charge >= 0.3 is 0 Å². The number of carbonyl (C=O) groups excluding carboxylic acids is 1. The number of nitro groups is 1. The van der Waals surface area contributed by atoms with Gasteiger partial charge in [0.25, 0.3) is 5.69 Å². The Kier molecular flexibility index (Phi) is 8.63. The lowest BCUT2D eigenvalue weighted by Crippen LogP contribution is -2.52. The number of amides is 1. The van der Waals surface area contributed by atoms with Gasteiger partial charge < -0.3 is 19.4 Å². The van der Waals surface area contributed by atoms with E-state index in [0.29, 0.717) is 78.9 Å². The van der Waals surface area contributed by atoms with Crippen molar-refractivity contribution in [2.45, 2.75) is 0 Å². The van der Waals surface area contributed by atoms with Gasteiger partial charge in [0.1, 0.15) is 5.69 Å². The molecule has 12 heteroatoms. The number of carbonyl (C=O) groups is 1. The standard InChI is InChI=1S/C24H25Cl2N5O4S/c25-18-3-1-17(20(26)15-18)2-6-23(32)27-24(36)30-9-7-28(8-10-30)19-4-5-21(31(33)34)22(16-19)29-11-13-35-14-12-29/h1-6,15-16H,7-14H2,(H,27,32,36)/b6-2+. The molecule has 2 saturated heterocycles. The number of benzene rings is 2. The zero-order chi connectivity index (χ0) is 25.7. The molecule has 2 aromatic rings. The molecule has 0 bridgehead atoms. The second-order valence-electron chi connectivity index (χ2n) is 8.30. The van der Waals surface area contributed by atoms with Gasteiger partial charge in [0.15, 0.2) is 5.11 Å². The van der Waals surface area contributed by atoms with E-state index in [9.17, 15) is 14.9 Å². The van der Waals surface area contributed by atoms with Crippen LogP contribution in [0.4, 0.5) is 17.1 Å². The topological polar surface area (TPSA) is 91.2 Å². The van der Waals surface area contributed by atoms with E-state index in [1.807, 2.05) is 15.9 Å². The number of hydrogen-bond donors (Lipinski definition) is 1. The summed E-state index contributed by atoms with van der Waals surface area (Å²) in [5, 5.41) is 15.6. The van der Waals surface area contributed by atoms with Gasteiger partial charge in [-0.05, 0) is 48.1 Å². The second kappa shape index (κ2) is 11.9. The van der Waals surface area contributed by atoms with E-state index in [1.165, 1.54) is 6.08 Å². The van der Waals surface area contributed by atoms with E-state index >= 15 is 0 Å². The quantitative estimate of drug-likeness (QED) is 0.259. The van der Waals surface area contributed by atoms with Gasteiger partial charge in [-0.1, -0.05) is 29.3 Å². The molecular formula is C24H25Cl2N5O4S. The van der Waals surface area contributed by atoms with Crippen molar-refractivity contribution in [2.75, 3.05) is 62.3 Å². The molecule has 1 amide bonds. The summed E-state index contributed by atoms with van der Waals surface area (Å²) in [6.45, 7) is 4.86. The van der Waals surface area contributed by atoms with Crippen LogP contribution in [0.3, 0.4) is 0 Å². The Hall–Kier alpha value is -2.92. The highest BCUT2D eigenvalue weighted by Crippen LogP contribution is 2.33. The number of morpholine rings is 1. The van der Waals surface area contributed by atoms with Crippen LogP contribution in [0.25, 0.3) is 6.08 Å². The molecule has 0 saturated carbocycles. The van der Waals surface area contributed by atoms with E-state index in [0.717, 1.165) is 5.69 Å². The monoisotopic (exact) mass is 549 g/mol. The fourth-order valence-corrected chi connectivity index (χ4v) is 4.87. The molecule has 0 aliphatic carbocycles. The molecule has 2 aromatic carbocycles. The molecular weight excluding hydrogens is 525 g/mol. The lowest BCUT2D eigenvalue weighted by molar-refractivity contribution is -0.384. The van der Waals surface area contributed by atoms with Gasteiger partial charge in [-0.15, -0.1) is 0 Å². The SMILES string of the molecule is O=C(/C=C/c1ccc(Cl)cc1Cl)NC(=S)N1CCN(c2ccc([N+](=O)[O-])c(N3CCOCC3)c2)CC1. The summed E-state index contributed by atoms with van der Waals surface area (Å²) in [7, 11) is 0. The van der Waals surface area contributed by atoms with Gasteiger partial charge in [0, 0.05) is 67.1 Å². The smallest absolute Gasteiger partial charge is 0.292 e. The highest BCUT2D eigenvalue weighted by atomic mass is 35.5. The number of piperazine rings is 1. The fourth-order valence-electron chi connectivity index (χ4n) is 4.12. The molecule has 2 heterocycles. The van der Waals surface area contributed by atoms with Crippen LogP contribution in [0.1, 0.15) is 5.56 Å². The molecule has 1 N–H and O–H groups in total. The zero-order valence-corrected chi connectivity index (χ0v) is 21.7. The minimum Gasteiger partial charge on any atom is -0.378 e. The molecule has 0 unspecified atom stereocenters. The molecule has 0 atom stereocenters. The third kappa shape index (κ3) is 6.44. The van der Waals surface area contributed by atoms with Crippen LogP contribution in [-0.4, -0.2) is 73.3 Å². The summed E-state index contributed by atoms with van der Waals surface area (Å²) in [6.07, 6.45) is 2.98. The van der Waals surface area contributed by atoms with Crippen molar-refractivity contribution in [2.24, 2.45) is 0 Å². The van der Waals surface area contributed by atoms with Crippen LogP contribution < -0.4 is 15.1 Å². The number of hydrogen-bond acceptors (Lipinski definition) is 7. The molecule has 0 radical (unpaired) electrons. The Labute approximate surface area is 224 Å².